The number of rotatable bonds is 3. The van der Waals surface area contributed by atoms with Crippen LogP contribution < -0.4 is 5.32 Å². The first kappa shape index (κ1) is 12.3. The molecular formula is C15H14N4O. The second-order valence-corrected chi connectivity index (χ2v) is 4.41. The van der Waals surface area contributed by atoms with E-state index in [-0.39, 0.29) is 0 Å². The lowest BCUT2D eigenvalue weighted by Gasteiger charge is -1.99. The van der Waals surface area contributed by atoms with Crippen LogP contribution in [0.4, 0.5) is 5.69 Å². The van der Waals surface area contributed by atoms with Gasteiger partial charge in [-0.05, 0) is 43.3 Å². The van der Waals surface area contributed by atoms with Crippen molar-refractivity contribution in [2.75, 3.05) is 12.4 Å². The first-order chi connectivity index (χ1) is 9.76. The highest BCUT2D eigenvalue weighted by Gasteiger charge is 2.11. The lowest BCUT2D eigenvalue weighted by Crippen LogP contribution is -1.88. The minimum Gasteiger partial charge on any atom is -0.388 e. The molecule has 5 heteroatoms. The van der Waals surface area contributed by atoms with Gasteiger partial charge in [-0.25, -0.2) is 4.98 Å². The molecule has 5 nitrogen and oxygen atoms in total. The molecule has 3 aromatic rings. The Morgan fingerprint density at radius 1 is 1.00 bits per heavy atom. The number of nitrogens with one attached hydrogen (secondary N) is 1. The van der Waals surface area contributed by atoms with Crippen molar-refractivity contribution in [2.24, 2.45) is 0 Å². The van der Waals surface area contributed by atoms with Crippen molar-refractivity contribution >= 4 is 5.69 Å². The third-order valence-corrected chi connectivity index (χ3v) is 2.96. The van der Waals surface area contributed by atoms with Crippen LogP contribution in [-0.4, -0.2) is 22.2 Å². The summed E-state index contributed by atoms with van der Waals surface area (Å²) in [7, 11) is 1.88. The number of pyridine rings is 1. The van der Waals surface area contributed by atoms with Crippen molar-refractivity contribution in [2.45, 2.75) is 6.92 Å². The molecule has 1 N–H and O–H groups in total. The second-order valence-electron chi connectivity index (χ2n) is 4.41. The number of benzene rings is 1. The third kappa shape index (κ3) is 2.38. The summed E-state index contributed by atoms with van der Waals surface area (Å²) in [6, 6.07) is 13.5. The van der Waals surface area contributed by atoms with E-state index in [2.05, 4.69) is 20.4 Å². The SMILES string of the molecule is CNc1ccc(-c2nc(-c3cccc(C)n3)no2)cc1. The fraction of sp³-hybridized carbons (Fsp3) is 0.133. The number of aryl methyl sites for hydroxylation is 1. The molecule has 0 saturated carbocycles. The van der Waals surface area contributed by atoms with Crippen LogP contribution in [0.1, 0.15) is 5.69 Å². The van der Waals surface area contributed by atoms with Crippen LogP contribution in [0.2, 0.25) is 0 Å². The zero-order valence-electron chi connectivity index (χ0n) is 11.3. The van der Waals surface area contributed by atoms with E-state index in [1.165, 1.54) is 0 Å². The fourth-order valence-corrected chi connectivity index (χ4v) is 1.89. The smallest absolute Gasteiger partial charge is 0.258 e. The van der Waals surface area contributed by atoms with Crippen LogP contribution in [0.5, 0.6) is 0 Å². The van der Waals surface area contributed by atoms with Crippen molar-refractivity contribution in [3.05, 3.63) is 48.2 Å². The highest BCUT2D eigenvalue weighted by Crippen LogP contribution is 2.22. The maximum Gasteiger partial charge on any atom is 0.258 e. The van der Waals surface area contributed by atoms with Gasteiger partial charge in [0.1, 0.15) is 5.69 Å². The first-order valence-electron chi connectivity index (χ1n) is 6.32. The molecule has 0 aliphatic carbocycles. The van der Waals surface area contributed by atoms with Gasteiger partial charge < -0.3 is 9.84 Å². The zero-order chi connectivity index (χ0) is 13.9. The zero-order valence-corrected chi connectivity index (χ0v) is 11.3. The van der Waals surface area contributed by atoms with Crippen molar-refractivity contribution in [1.29, 1.82) is 0 Å². The average molecular weight is 266 g/mol. The Labute approximate surface area is 116 Å². The van der Waals surface area contributed by atoms with Crippen molar-refractivity contribution in [3.63, 3.8) is 0 Å². The van der Waals surface area contributed by atoms with Crippen molar-refractivity contribution in [1.82, 2.24) is 15.1 Å². The Bertz CT molecular complexity index is 719. The second kappa shape index (κ2) is 5.13. The summed E-state index contributed by atoms with van der Waals surface area (Å²) in [5.74, 6) is 0.993. The molecule has 3 rings (SSSR count). The summed E-state index contributed by atoms with van der Waals surface area (Å²) in [5, 5.41) is 7.05. The maximum absolute atomic E-state index is 5.30. The van der Waals surface area contributed by atoms with Crippen molar-refractivity contribution < 1.29 is 4.52 Å². The van der Waals surface area contributed by atoms with Gasteiger partial charge in [0.2, 0.25) is 5.82 Å². The van der Waals surface area contributed by atoms with Gasteiger partial charge in [-0.2, -0.15) is 4.98 Å². The standard InChI is InChI=1S/C15H14N4O/c1-10-4-3-5-13(17-10)14-18-15(20-19-14)11-6-8-12(16-2)9-7-11/h3-9,16H,1-2H3. The Morgan fingerprint density at radius 3 is 2.50 bits per heavy atom. The molecule has 0 saturated heterocycles. The highest BCUT2D eigenvalue weighted by molar-refractivity contribution is 5.60. The molecule has 2 aromatic heterocycles. The van der Waals surface area contributed by atoms with E-state index in [1.807, 2.05) is 56.4 Å². The molecule has 0 radical (unpaired) electrons. The van der Waals surface area contributed by atoms with Crippen LogP contribution in [0.15, 0.2) is 47.0 Å². The summed E-state index contributed by atoms with van der Waals surface area (Å²) in [5.41, 5.74) is 3.56. The van der Waals surface area contributed by atoms with Gasteiger partial charge in [0.15, 0.2) is 0 Å². The summed E-state index contributed by atoms with van der Waals surface area (Å²) in [6.07, 6.45) is 0. The normalized spacial score (nSPS) is 10.5. The van der Waals surface area contributed by atoms with Crippen molar-refractivity contribution in [3.8, 4) is 23.0 Å². The molecule has 20 heavy (non-hydrogen) atoms. The first-order valence-corrected chi connectivity index (χ1v) is 6.32. The largest absolute Gasteiger partial charge is 0.388 e. The summed E-state index contributed by atoms with van der Waals surface area (Å²) in [6.45, 7) is 1.93. The van der Waals surface area contributed by atoms with Gasteiger partial charge in [-0.1, -0.05) is 11.2 Å². The molecule has 0 aliphatic rings. The topological polar surface area (TPSA) is 63.8 Å². The van der Waals surface area contributed by atoms with E-state index in [0.717, 1.165) is 16.9 Å². The molecule has 0 amide bonds. The molecule has 1 aromatic carbocycles. The van der Waals surface area contributed by atoms with Gasteiger partial charge >= 0.3 is 0 Å². The number of nitrogens with zero attached hydrogens (tertiary/aromatic N) is 3. The molecule has 0 atom stereocenters. The van der Waals surface area contributed by atoms with Crippen LogP contribution in [0, 0.1) is 6.92 Å². The number of aromatic nitrogens is 3. The Balaban J connectivity index is 1.93. The van der Waals surface area contributed by atoms with Crippen LogP contribution in [-0.2, 0) is 0 Å². The highest BCUT2D eigenvalue weighted by atomic mass is 16.5. The Kier molecular flexibility index (Phi) is 3.16. The van der Waals surface area contributed by atoms with E-state index in [0.29, 0.717) is 17.4 Å². The molecule has 0 spiro atoms. The molecule has 0 unspecified atom stereocenters. The molecule has 0 bridgehead atoms. The maximum atomic E-state index is 5.30. The van der Waals surface area contributed by atoms with E-state index in [4.69, 9.17) is 4.52 Å². The molecule has 2 heterocycles. The molecular weight excluding hydrogens is 252 g/mol. The quantitative estimate of drug-likeness (QED) is 0.789. The molecule has 0 fully saturated rings. The van der Waals surface area contributed by atoms with Gasteiger partial charge in [0.25, 0.3) is 5.89 Å². The van der Waals surface area contributed by atoms with Gasteiger partial charge in [0, 0.05) is 24.0 Å². The number of hydrogen-bond donors (Lipinski definition) is 1. The third-order valence-electron chi connectivity index (χ3n) is 2.96. The predicted octanol–water partition coefficient (Wildman–Crippen LogP) is 3.15. The lowest BCUT2D eigenvalue weighted by atomic mass is 10.2. The minimum atomic E-state index is 0.492. The van der Waals surface area contributed by atoms with E-state index >= 15 is 0 Å². The summed E-state index contributed by atoms with van der Waals surface area (Å²) < 4.78 is 5.30. The van der Waals surface area contributed by atoms with E-state index < -0.39 is 0 Å². The Morgan fingerprint density at radius 2 is 1.80 bits per heavy atom. The summed E-state index contributed by atoms with van der Waals surface area (Å²) >= 11 is 0. The van der Waals surface area contributed by atoms with Crippen LogP contribution in [0.3, 0.4) is 0 Å². The lowest BCUT2D eigenvalue weighted by molar-refractivity contribution is 0.432. The fourth-order valence-electron chi connectivity index (χ4n) is 1.89. The average Bonchev–Trinajstić information content (AvgIpc) is 2.97. The van der Waals surface area contributed by atoms with E-state index in [1.54, 1.807) is 0 Å². The molecule has 0 aliphatic heterocycles. The monoisotopic (exact) mass is 266 g/mol. The number of anilines is 1. The summed E-state index contributed by atoms with van der Waals surface area (Å²) in [4.78, 5) is 8.77. The van der Waals surface area contributed by atoms with Gasteiger partial charge in [-0.15, -0.1) is 0 Å². The van der Waals surface area contributed by atoms with Gasteiger partial charge in [-0.3, -0.25) is 0 Å². The minimum absolute atomic E-state index is 0.492. The predicted molar refractivity (Wildman–Crippen MR) is 77.2 cm³/mol. The van der Waals surface area contributed by atoms with Crippen LogP contribution >= 0.6 is 0 Å². The number of hydrogen-bond acceptors (Lipinski definition) is 5. The Hall–Kier alpha value is -2.69. The van der Waals surface area contributed by atoms with Crippen LogP contribution in [0.25, 0.3) is 23.0 Å². The van der Waals surface area contributed by atoms with E-state index in [9.17, 15) is 0 Å². The molecule has 100 valence electrons. The van der Waals surface area contributed by atoms with Gasteiger partial charge in [0.05, 0.1) is 0 Å².